The van der Waals surface area contributed by atoms with Crippen molar-refractivity contribution in [3.8, 4) is 5.75 Å². The van der Waals surface area contributed by atoms with Crippen molar-refractivity contribution < 1.29 is 19.1 Å². The average molecular weight is 506 g/mol. The molecule has 0 saturated carbocycles. The van der Waals surface area contributed by atoms with E-state index in [1.54, 1.807) is 42.5 Å². The Kier molecular flexibility index (Phi) is 4.85. The molecule has 2 atom stereocenters. The Hall–Kier alpha value is -4.22. The predicted molar refractivity (Wildman–Crippen MR) is 139 cm³/mol. The number of carbonyl (C=O) groups is 3. The molecule has 4 aromatic carbocycles. The topological polar surface area (TPSA) is 63.7 Å². The molecule has 4 aromatic rings. The molecule has 1 fully saturated rings. The largest absolute Gasteiger partial charge is 0.421 e. The molecule has 0 aromatic heterocycles. The van der Waals surface area contributed by atoms with Gasteiger partial charge in [-0.1, -0.05) is 78.3 Å². The van der Waals surface area contributed by atoms with Gasteiger partial charge in [0.15, 0.2) is 0 Å². The van der Waals surface area contributed by atoms with Crippen molar-refractivity contribution in [2.75, 3.05) is 4.90 Å². The Morgan fingerprint density at radius 3 is 1.73 bits per heavy atom. The first-order chi connectivity index (χ1) is 18.0. The lowest BCUT2D eigenvalue weighted by molar-refractivity contribution is -0.122. The SMILES string of the molecule is O=C(Oc1ccccc1Cl)c1cccc(N2C(=O)[C@@H]3C4c5ccccc5C(c5ccccc54)[C@@H]3C2=O)c1. The third-order valence-corrected chi connectivity index (χ3v) is 8.14. The van der Waals surface area contributed by atoms with Crippen LogP contribution in [0.4, 0.5) is 5.69 Å². The summed E-state index contributed by atoms with van der Waals surface area (Å²) < 4.78 is 5.47. The third kappa shape index (κ3) is 3.14. The van der Waals surface area contributed by atoms with Gasteiger partial charge in [-0.05, 0) is 52.6 Å². The van der Waals surface area contributed by atoms with Gasteiger partial charge in [0.2, 0.25) is 11.8 Å². The summed E-state index contributed by atoms with van der Waals surface area (Å²) in [6, 6.07) is 29.4. The molecular weight excluding hydrogens is 486 g/mol. The summed E-state index contributed by atoms with van der Waals surface area (Å²) in [5.41, 5.74) is 5.06. The van der Waals surface area contributed by atoms with Crippen molar-refractivity contribution in [3.63, 3.8) is 0 Å². The fraction of sp³-hybridized carbons (Fsp3) is 0.129. The molecule has 4 aliphatic rings. The summed E-state index contributed by atoms with van der Waals surface area (Å²) in [5, 5.41) is 0.315. The first kappa shape index (κ1) is 22.0. The van der Waals surface area contributed by atoms with Crippen molar-refractivity contribution >= 4 is 35.1 Å². The Labute approximate surface area is 218 Å². The zero-order valence-corrected chi connectivity index (χ0v) is 20.3. The highest BCUT2D eigenvalue weighted by Gasteiger charge is 2.61. The number of rotatable bonds is 3. The van der Waals surface area contributed by atoms with Gasteiger partial charge >= 0.3 is 5.97 Å². The second kappa shape index (κ2) is 8.15. The van der Waals surface area contributed by atoms with E-state index in [-0.39, 0.29) is 35.0 Å². The maximum Gasteiger partial charge on any atom is 0.343 e. The van der Waals surface area contributed by atoms with Gasteiger partial charge in [0.25, 0.3) is 0 Å². The molecule has 1 saturated heterocycles. The van der Waals surface area contributed by atoms with Crippen molar-refractivity contribution in [1.82, 2.24) is 0 Å². The van der Waals surface area contributed by atoms with E-state index in [1.165, 1.54) is 11.0 Å². The van der Waals surface area contributed by atoms with Crippen LogP contribution in [-0.4, -0.2) is 17.8 Å². The van der Waals surface area contributed by atoms with E-state index in [0.29, 0.717) is 10.7 Å². The molecule has 0 unspecified atom stereocenters. The number of hydrogen-bond acceptors (Lipinski definition) is 4. The zero-order valence-electron chi connectivity index (χ0n) is 19.5. The van der Waals surface area contributed by atoms with Crippen LogP contribution in [0.3, 0.4) is 0 Å². The van der Waals surface area contributed by atoms with Crippen LogP contribution in [0.25, 0.3) is 0 Å². The summed E-state index contributed by atoms with van der Waals surface area (Å²) in [5.74, 6) is -2.18. The highest BCUT2D eigenvalue weighted by molar-refractivity contribution is 6.32. The Morgan fingerprint density at radius 1 is 0.676 bits per heavy atom. The highest BCUT2D eigenvalue weighted by atomic mass is 35.5. The molecular formula is C31H20ClNO4. The van der Waals surface area contributed by atoms with E-state index >= 15 is 0 Å². The van der Waals surface area contributed by atoms with E-state index in [4.69, 9.17) is 16.3 Å². The van der Waals surface area contributed by atoms with E-state index in [1.807, 2.05) is 24.3 Å². The quantitative estimate of drug-likeness (QED) is 0.196. The van der Waals surface area contributed by atoms with Gasteiger partial charge in [0.05, 0.1) is 28.1 Å². The minimum absolute atomic E-state index is 0.183. The number of hydrogen-bond donors (Lipinski definition) is 0. The number of carbonyl (C=O) groups excluding carboxylic acids is 3. The molecule has 5 nitrogen and oxygen atoms in total. The number of ether oxygens (including phenoxy) is 1. The van der Waals surface area contributed by atoms with E-state index in [2.05, 4.69) is 24.3 Å². The van der Waals surface area contributed by atoms with Gasteiger partial charge in [0, 0.05) is 11.8 Å². The maximum atomic E-state index is 13.9. The molecule has 0 radical (unpaired) electrons. The van der Waals surface area contributed by atoms with Gasteiger partial charge in [-0.3, -0.25) is 9.59 Å². The van der Waals surface area contributed by atoms with Crippen LogP contribution in [0.15, 0.2) is 97.1 Å². The van der Waals surface area contributed by atoms with Crippen LogP contribution >= 0.6 is 11.6 Å². The van der Waals surface area contributed by atoms with Crippen LogP contribution in [-0.2, 0) is 9.59 Å². The number of nitrogens with zero attached hydrogens (tertiary/aromatic N) is 1. The first-order valence-electron chi connectivity index (χ1n) is 12.2. The Morgan fingerprint density at radius 2 is 1.19 bits per heavy atom. The third-order valence-electron chi connectivity index (χ3n) is 7.83. The number of halogens is 1. The number of imide groups is 1. The van der Waals surface area contributed by atoms with Crippen molar-refractivity contribution in [2.45, 2.75) is 11.8 Å². The van der Waals surface area contributed by atoms with Crippen LogP contribution in [0, 0.1) is 11.8 Å². The number of para-hydroxylation sites is 1. The summed E-state index contributed by atoms with van der Waals surface area (Å²) in [7, 11) is 0. The molecule has 0 N–H and O–H groups in total. The summed E-state index contributed by atoms with van der Waals surface area (Å²) >= 11 is 6.13. The van der Waals surface area contributed by atoms with Gasteiger partial charge in [-0.25, -0.2) is 9.69 Å². The molecule has 37 heavy (non-hydrogen) atoms. The smallest absolute Gasteiger partial charge is 0.343 e. The Balaban J connectivity index is 1.27. The molecule has 1 aliphatic heterocycles. The van der Waals surface area contributed by atoms with Crippen LogP contribution < -0.4 is 9.64 Å². The number of anilines is 1. The minimum Gasteiger partial charge on any atom is -0.421 e. The highest BCUT2D eigenvalue weighted by Crippen LogP contribution is 2.61. The zero-order chi connectivity index (χ0) is 25.3. The molecule has 3 aliphatic carbocycles. The summed E-state index contributed by atoms with van der Waals surface area (Å²) in [6.45, 7) is 0. The van der Waals surface area contributed by atoms with Crippen molar-refractivity contribution in [1.29, 1.82) is 0 Å². The number of esters is 1. The lowest BCUT2D eigenvalue weighted by atomic mass is 9.55. The molecule has 6 heteroatoms. The molecule has 1 heterocycles. The van der Waals surface area contributed by atoms with Crippen molar-refractivity contribution in [2.24, 2.45) is 11.8 Å². The summed E-state index contributed by atoms with van der Waals surface area (Å²) in [6.07, 6.45) is 0. The fourth-order valence-electron chi connectivity index (χ4n) is 6.39. The molecule has 2 amide bonds. The first-order valence-corrected chi connectivity index (χ1v) is 12.5. The molecule has 0 spiro atoms. The minimum atomic E-state index is -0.619. The van der Waals surface area contributed by atoms with E-state index in [9.17, 15) is 14.4 Å². The summed E-state index contributed by atoms with van der Waals surface area (Å²) in [4.78, 5) is 42.0. The standard InChI is InChI=1S/C31H20ClNO4/c32-23-14-5-6-15-24(23)37-31(36)17-8-7-9-18(16-17)33-29(34)27-25-19-10-1-2-11-20(19)26(28(27)30(33)35)22-13-4-3-12-21(22)25/h1-16,25-28H/t25?,26?,27-,28+. The average Bonchev–Trinajstić information content (AvgIpc) is 3.20. The van der Waals surface area contributed by atoms with Crippen LogP contribution in [0.5, 0.6) is 5.75 Å². The van der Waals surface area contributed by atoms with Gasteiger partial charge < -0.3 is 4.74 Å². The molecule has 180 valence electrons. The maximum absolute atomic E-state index is 13.9. The van der Waals surface area contributed by atoms with Gasteiger partial charge in [-0.2, -0.15) is 0 Å². The van der Waals surface area contributed by atoms with E-state index in [0.717, 1.165) is 22.3 Å². The van der Waals surface area contributed by atoms with Crippen LogP contribution in [0.1, 0.15) is 44.4 Å². The normalized spacial score (nSPS) is 22.9. The monoisotopic (exact) mass is 505 g/mol. The van der Waals surface area contributed by atoms with Gasteiger partial charge in [-0.15, -0.1) is 0 Å². The Bertz CT molecular complexity index is 1510. The van der Waals surface area contributed by atoms with E-state index < -0.39 is 17.8 Å². The van der Waals surface area contributed by atoms with Crippen molar-refractivity contribution in [3.05, 3.63) is 130 Å². The second-order valence-electron chi connectivity index (χ2n) is 9.65. The van der Waals surface area contributed by atoms with Gasteiger partial charge in [0.1, 0.15) is 5.75 Å². The lowest BCUT2D eigenvalue weighted by Crippen LogP contribution is -2.41. The molecule has 2 bridgehead atoms. The number of benzene rings is 4. The fourth-order valence-corrected chi connectivity index (χ4v) is 6.56. The lowest BCUT2D eigenvalue weighted by Gasteiger charge is -2.45. The molecule has 8 rings (SSSR count). The number of amides is 2. The predicted octanol–water partition coefficient (Wildman–Crippen LogP) is 5.96. The van der Waals surface area contributed by atoms with Crippen LogP contribution in [0.2, 0.25) is 5.02 Å². The second-order valence-corrected chi connectivity index (χ2v) is 10.1.